The molecule has 1 amide bonds. The first kappa shape index (κ1) is 16.0. The molecule has 25 heavy (non-hydrogen) atoms. The van der Waals surface area contributed by atoms with E-state index in [1.807, 2.05) is 19.1 Å². The van der Waals surface area contributed by atoms with Crippen molar-refractivity contribution in [2.24, 2.45) is 0 Å². The van der Waals surface area contributed by atoms with Crippen LogP contribution in [0.25, 0.3) is 0 Å². The molecule has 1 saturated heterocycles. The maximum absolute atomic E-state index is 12.9. The molecular formula is C19H21N3O3. The van der Waals surface area contributed by atoms with Gasteiger partial charge in [0.05, 0.1) is 13.2 Å². The predicted molar refractivity (Wildman–Crippen MR) is 92.7 cm³/mol. The second kappa shape index (κ2) is 6.44. The Bertz CT molecular complexity index is 874. The van der Waals surface area contributed by atoms with E-state index in [-0.39, 0.29) is 23.1 Å². The molecule has 4 rings (SSSR count). The summed E-state index contributed by atoms with van der Waals surface area (Å²) in [5, 5.41) is 0. The van der Waals surface area contributed by atoms with Gasteiger partial charge in [-0.15, -0.1) is 0 Å². The lowest BCUT2D eigenvalue weighted by Crippen LogP contribution is -2.44. The van der Waals surface area contributed by atoms with Crippen LogP contribution < -0.4 is 5.56 Å². The zero-order chi connectivity index (χ0) is 17.4. The molecule has 1 aliphatic heterocycles. The molecule has 0 spiro atoms. The molecule has 2 aromatic rings. The Hall–Kier alpha value is -2.47. The number of fused-ring (bicyclic) bond motifs is 1. The number of amides is 1. The number of H-pyrrole nitrogens is 1. The number of morpholine rings is 1. The van der Waals surface area contributed by atoms with Gasteiger partial charge in [0.15, 0.2) is 0 Å². The number of aromatic amines is 1. The largest absolute Gasteiger partial charge is 0.370 e. The van der Waals surface area contributed by atoms with Crippen molar-refractivity contribution in [2.75, 3.05) is 19.7 Å². The van der Waals surface area contributed by atoms with Crippen molar-refractivity contribution in [1.29, 1.82) is 0 Å². The summed E-state index contributed by atoms with van der Waals surface area (Å²) in [5.41, 5.74) is 3.96. The molecule has 0 aromatic carbocycles. The van der Waals surface area contributed by atoms with Crippen molar-refractivity contribution in [1.82, 2.24) is 14.9 Å². The summed E-state index contributed by atoms with van der Waals surface area (Å²) in [7, 11) is 0. The van der Waals surface area contributed by atoms with Gasteiger partial charge in [0.25, 0.3) is 11.5 Å². The topological polar surface area (TPSA) is 75.3 Å². The first-order valence-corrected chi connectivity index (χ1v) is 8.70. The van der Waals surface area contributed by atoms with Crippen LogP contribution in [0.2, 0.25) is 0 Å². The van der Waals surface area contributed by atoms with E-state index in [1.165, 1.54) is 0 Å². The van der Waals surface area contributed by atoms with Gasteiger partial charge in [0.1, 0.15) is 11.7 Å². The second-order valence-electron chi connectivity index (χ2n) is 6.71. The molecule has 1 atom stereocenters. The molecule has 0 bridgehead atoms. The minimum absolute atomic E-state index is 0.187. The van der Waals surface area contributed by atoms with Crippen LogP contribution in [0.15, 0.2) is 29.2 Å². The van der Waals surface area contributed by atoms with Gasteiger partial charge in [-0.05, 0) is 55.5 Å². The zero-order valence-electron chi connectivity index (χ0n) is 14.2. The summed E-state index contributed by atoms with van der Waals surface area (Å²) in [6.45, 7) is 3.33. The van der Waals surface area contributed by atoms with Gasteiger partial charge in [-0.2, -0.15) is 0 Å². The first-order valence-electron chi connectivity index (χ1n) is 8.70. The van der Waals surface area contributed by atoms with E-state index in [1.54, 1.807) is 17.2 Å². The number of carbonyl (C=O) groups is 1. The van der Waals surface area contributed by atoms with Gasteiger partial charge in [0, 0.05) is 24.1 Å². The SMILES string of the molecule is Cc1cc(C2CN(C(=O)c3cc4c([nH]c3=O)CCC4)CCO2)ccn1. The summed E-state index contributed by atoms with van der Waals surface area (Å²) in [4.78, 5) is 34.0. The van der Waals surface area contributed by atoms with E-state index in [4.69, 9.17) is 4.74 Å². The zero-order valence-corrected chi connectivity index (χ0v) is 14.2. The molecule has 1 N–H and O–H groups in total. The molecule has 0 radical (unpaired) electrons. The Labute approximate surface area is 145 Å². The van der Waals surface area contributed by atoms with Crippen molar-refractivity contribution in [2.45, 2.75) is 32.3 Å². The van der Waals surface area contributed by atoms with E-state index in [2.05, 4.69) is 9.97 Å². The van der Waals surface area contributed by atoms with Gasteiger partial charge in [-0.1, -0.05) is 0 Å². The summed E-state index contributed by atoms with van der Waals surface area (Å²) in [6, 6.07) is 5.67. The highest BCUT2D eigenvalue weighted by molar-refractivity contribution is 5.94. The molecule has 2 aromatic heterocycles. The van der Waals surface area contributed by atoms with Gasteiger partial charge in [-0.25, -0.2) is 0 Å². The Balaban J connectivity index is 1.57. The van der Waals surface area contributed by atoms with Crippen LogP contribution in [0, 0.1) is 6.92 Å². The molecule has 1 aliphatic carbocycles. The lowest BCUT2D eigenvalue weighted by atomic mass is 10.1. The second-order valence-corrected chi connectivity index (χ2v) is 6.71. The normalized spacial score (nSPS) is 19.7. The number of nitrogens with zero attached hydrogens (tertiary/aromatic N) is 2. The maximum Gasteiger partial charge on any atom is 0.261 e. The Morgan fingerprint density at radius 1 is 1.36 bits per heavy atom. The smallest absolute Gasteiger partial charge is 0.261 e. The first-order chi connectivity index (χ1) is 12.1. The van der Waals surface area contributed by atoms with Crippen LogP contribution in [-0.4, -0.2) is 40.5 Å². The number of pyridine rings is 2. The van der Waals surface area contributed by atoms with E-state index in [9.17, 15) is 9.59 Å². The van der Waals surface area contributed by atoms with Crippen LogP contribution in [0.3, 0.4) is 0 Å². The molecule has 130 valence electrons. The minimum Gasteiger partial charge on any atom is -0.370 e. The van der Waals surface area contributed by atoms with E-state index < -0.39 is 0 Å². The standard InChI is InChI=1S/C19H21N3O3/c1-12-9-14(5-6-20-12)17-11-22(7-8-25-17)19(24)15-10-13-3-2-4-16(13)21-18(15)23/h5-6,9-10,17H,2-4,7-8,11H2,1H3,(H,21,23). The molecule has 0 saturated carbocycles. The van der Waals surface area contributed by atoms with Crippen molar-refractivity contribution in [3.05, 3.63) is 62.8 Å². The molecule has 6 heteroatoms. The average molecular weight is 339 g/mol. The number of hydrogen-bond acceptors (Lipinski definition) is 4. The van der Waals surface area contributed by atoms with E-state index in [0.717, 1.165) is 41.8 Å². The van der Waals surface area contributed by atoms with Crippen LogP contribution in [-0.2, 0) is 17.6 Å². The van der Waals surface area contributed by atoms with Crippen molar-refractivity contribution in [3.63, 3.8) is 0 Å². The maximum atomic E-state index is 12.9. The minimum atomic E-state index is -0.284. The molecular weight excluding hydrogens is 318 g/mol. The molecule has 1 fully saturated rings. The lowest BCUT2D eigenvalue weighted by Gasteiger charge is -2.33. The fraction of sp³-hybridized carbons (Fsp3) is 0.421. The van der Waals surface area contributed by atoms with Crippen LogP contribution >= 0.6 is 0 Å². The summed E-state index contributed by atoms with van der Waals surface area (Å²) < 4.78 is 5.83. The van der Waals surface area contributed by atoms with Crippen LogP contribution in [0.1, 0.15) is 45.4 Å². The number of nitrogens with one attached hydrogen (secondary N) is 1. The number of hydrogen-bond donors (Lipinski definition) is 1. The van der Waals surface area contributed by atoms with Gasteiger partial charge < -0.3 is 14.6 Å². The molecule has 1 unspecified atom stereocenters. The predicted octanol–water partition coefficient (Wildman–Crippen LogP) is 1.78. The van der Waals surface area contributed by atoms with Gasteiger partial charge >= 0.3 is 0 Å². The average Bonchev–Trinajstić information content (AvgIpc) is 3.07. The quantitative estimate of drug-likeness (QED) is 0.905. The Morgan fingerprint density at radius 3 is 3.08 bits per heavy atom. The summed E-state index contributed by atoms with van der Waals surface area (Å²) >= 11 is 0. The number of aryl methyl sites for hydroxylation is 3. The highest BCUT2D eigenvalue weighted by atomic mass is 16.5. The van der Waals surface area contributed by atoms with Crippen molar-refractivity contribution >= 4 is 5.91 Å². The van der Waals surface area contributed by atoms with Crippen molar-refractivity contribution < 1.29 is 9.53 Å². The Kier molecular flexibility index (Phi) is 4.13. The van der Waals surface area contributed by atoms with Crippen LogP contribution in [0.4, 0.5) is 0 Å². The summed E-state index contributed by atoms with van der Waals surface area (Å²) in [5.74, 6) is -0.213. The number of ether oxygens (including phenoxy) is 1. The Morgan fingerprint density at radius 2 is 2.24 bits per heavy atom. The van der Waals surface area contributed by atoms with E-state index >= 15 is 0 Å². The number of rotatable bonds is 2. The lowest BCUT2D eigenvalue weighted by molar-refractivity contribution is -0.0229. The fourth-order valence-electron chi connectivity index (χ4n) is 3.65. The van der Waals surface area contributed by atoms with Crippen molar-refractivity contribution in [3.8, 4) is 0 Å². The highest BCUT2D eigenvalue weighted by Gasteiger charge is 2.28. The highest BCUT2D eigenvalue weighted by Crippen LogP contribution is 2.24. The third-order valence-electron chi connectivity index (χ3n) is 4.96. The molecule has 3 heterocycles. The number of aromatic nitrogens is 2. The van der Waals surface area contributed by atoms with E-state index in [0.29, 0.717) is 19.7 Å². The fourth-order valence-corrected chi connectivity index (χ4v) is 3.65. The molecule has 6 nitrogen and oxygen atoms in total. The third-order valence-corrected chi connectivity index (χ3v) is 4.96. The monoisotopic (exact) mass is 339 g/mol. The summed E-state index contributed by atoms with van der Waals surface area (Å²) in [6.07, 6.45) is 4.41. The molecule has 2 aliphatic rings. The van der Waals surface area contributed by atoms with Gasteiger partial charge in [0.2, 0.25) is 0 Å². The van der Waals surface area contributed by atoms with Gasteiger partial charge in [-0.3, -0.25) is 14.6 Å². The third kappa shape index (κ3) is 3.09. The number of carbonyl (C=O) groups excluding carboxylic acids is 1. The van der Waals surface area contributed by atoms with Crippen LogP contribution in [0.5, 0.6) is 0 Å².